The van der Waals surface area contributed by atoms with Crippen molar-refractivity contribution in [2.75, 3.05) is 12.4 Å². The molecule has 3 N–H and O–H groups in total. The number of rotatable bonds is 6. The van der Waals surface area contributed by atoms with Crippen LogP contribution in [0.3, 0.4) is 0 Å². The number of nitrogens with one attached hydrogen (secondary N) is 2. The van der Waals surface area contributed by atoms with Crippen molar-refractivity contribution in [1.29, 1.82) is 0 Å². The fourth-order valence-electron chi connectivity index (χ4n) is 2.38. The molecule has 1 fully saturated rings. The van der Waals surface area contributed by atoms with Crippen molar-refractivity contribution in [2.45, 2.75) is 11.7 Å². The summed E-state index contributed by atoms with van der Waals surface area (Å²) in [5, 5.41) is 22.5. The Kier molecular flexibility index (Phi) is 6.28. The molecule has 0 radical (unpaired) electrons. The Morgan fingerprint density at radius 2 is 2.04 bits per heavy atom. The monoisotopic (exact) mass is 398 g/mol. The first-order valence-electron chi connectivity index (χ1n) is 8.35. The van der Waals surface area contributed by atoms with Gasteiger partial charge in [0.2, 0.25) is 11.8 Å². The molecule has 0 bridgehead atoms. The van der Waals surface area contributed by atoms with Crippen LogP contribution in [0, 0.1) is 0 Å². The van der Waals surface area contributed by atoms with Gasteiger partial charge in [0, 0.05) is 17.7 Å². The van der Waals surface area contributed by atoms with Gasteiger partial charge in [0.15, 0.2) is 5.17 Å². The van der Waals surface area contributed by atoms with E-state index in [-0.39, 0.29) is 24.0 Å². The minimum Gasteiger partial charge on any atom is -0.507 e. The molecule has 0 unspecified atom stereocenters. The number of benzene rings is 2. The molecule has 2 amide bonds. The zero-order valence-corrected chi connectivity index (χ0v) is 15.8. The summed E-state index contributed by atoms with van der Waals surface area (Å²) in [7, 11) is 1.56. The van der Waals surface area contributed by atoms with E-state index in [4.69, 9.17) is 4.74 Å². The fourth-order valence-corrected chi connectivity index (χ4v) is 3.31. The maximum Gasteiger partial charge on any atom is 0.240 e. The van der Waals surface area contributed by atoms with Crippen molar-refractivity contribution in [1.82, 2.24) is 5.32 Å². The van der Waals surface area contributed by atoms with Gasteiger partial charge in [-0.25, -0.2) is 0 Å². The first-order chi connectivity index (χ1) is 13.5. The van der Waals surface area contributed by atoms with Crippen LogP contribution in [0.1, 0.15) is 12.0 Å². The number of thioether (sulfide) groups is 1. The van der Waals surface area contributed by atoms with Gasteiger partial charge in [0.25, 0.3) is 0 Å². The van der Waals surface area contributed by atoms with Crippen LogP contribution in [0.2, 0.25) is 0 Å². The zero-order chi connectivity index (χ0) is 19.9. The number of hydrogen-bond acceptors (Lipinski definition) is 7. The van der Waals surface area contributed by atoms with Crippen LogP contribution in [0.25, 0.3) is 0 Å². The maximum absolute atomic E-state index is 12.2. The second-order valence-corrected chi connectivity index (χ2v) is 6.98. The number of phenols is 1. The van der Waals surface area contributed by atoms with Gasteiger partial charge < -0.3 is 20.5 Å². The molecule has 2 aromatic carbocycles. The average molecular weight is 398 g/mol. The van der Waals surface area contributed by atoms with E-state index in [1.165, 1.54) is 12.3 Å². The number of carbonyl (C=O) groups excluding carboxylic acids is 2. The summed E-state index contributed by atoms with van der Waals surface area (Å²) in [6.07, 6.45) is 1.39. The number of anilines is 1. The van der Waals surface area contributed by atoms with Gasteiger partial charge in [0.05, 0.1) is 13.3 Å². The molecule has 1 aliphatic rings. The highest BCUT2D eigenvalue weighted by Gasteiger charge is 2.32. The van der Waals surface area contributed by atoms with E-state index in [2.05, 4.69) is 20.8 Å². The summed E-state index contributed by atoms with van der Waals surface area (Å²) in [4.78, 5) is 24.2. The van der Waals surface area contributed by atoms with Crippen molar-refractivity contribution in [3.05, 3.63) is 54.1 Å². The number of ether oxygens (including phenoxy) is 1. The van der Waals surface area contributed by atoms with E-state index >= 15 is 0 Å². The van der Waals surface area contributed by atoms with Crippen LogP contribution >= 0.6 is 11.8 Å². The Hall–Kier alpha value is -3.33. The molecule has 9 heteroatoms. The van der Waals surface area contributed by atoms with Crippen LogP contribution in [0.15, 0.2) is 58.7 Å². The van der Waals surface area contributed by atoms with Crippen molar-refractivity contribution in [3.8, 4) is 11.5 Å². The van der Waals surface area contributed by atoms with Crippen molar-refractivity contribution in [3.63, 3.8) is 0 Å². The van der Waals surface area contributed by atoms with E-state index in [0.717, 1.165) is 11.8 Å². The fraction of sp³-hybridized carbons (Fsp3) is 0.158. The zero-order valence-electron chi connectivity index (χ0n) is 15.0. The molecule has 0 aromatic heterocycles. The number of methoxy groups -OCH3 is 1. The van der Waals surface area contributed by atoms with Gasteiger partial charge in [-0.15, -0.1) is 5.10 Å². The maximum atomic E-state index is 12.2. The summed E-state index contributed by atoms with van der Waals surface area (Å²) in [6.45, 7) is 0. The highest BCUT2D eigenvalue weighted by Crippen LogP contribution is 2.23. The number of phenolic OH excluding ortho intramolecular Hbond substituents is 1. The molecule has 0 spiro atoms. The first kappa shape index (κ1) is 19.4. The lowest BCUT2D eigenvalue weighted by Gasteiger charge is -2.08. The minimum absolute atomic E-state index is 0.00470. The highest BCUT2D eigenvalue weighted by molar-refractivity contribution is 8.15. The van der Waals surface area contributed by atoms with Crippen molar-refractivity contribution < 1.29 is 19.4 Å². The SMILES string of the molecule is COc1ccc(NC(=O)C[C@@H]2S/C(=N\N=C/c3ccccc3O)NC2=O)cc1. The summed E-state index contributed by atoms with van der Waals surface area (Å²) in [5.74, 6) is 0.194. The van der Waals surface area contributed by atoms with Gasteiger partial charge in [-0.2, -0.15) is 5.10 Å². The molecular formula is C19H18N4O4S. The predicted octanol–water partition coefficient (Wildman–Crippen LogP) is 2.35. The van der Waals surface area contributed by atoms with Gasteiger partial charge in [-0.3, -0.25) is 9.59 Å². The lowest BCUT2D eigenvalue weighted by Crippen LogP contribution is -2.28. The molecule has 1 aliphatic heterocycles. The van der Waals surface area contributed by atoms with Crippen LogP contribution in [-0.4, -0.2) is 40.7 Å². The van der Waals surface area contributed by atoms with E-state index < -0.39 is 5.25 Å². The smallest absolute Gasteiger partial charge is 0.240 e. The first-order valence-corrected chi connectivity index (χ1v) is 9.23. The molecule has 1 atom stereocenters. The van der Waals surface area contributed by atoms with Crippen LogP contribution in [0.4, 0.5) is 5.69 Å². The number of amidine groups is 1. The Morgan fingerprint density at radius 3 is 2.75 bits per heavy atom. The molecular weight excluding hydrogens is 380 g/mol. The molecule has 28 heavy (non-hydrogen) atoms. The second kappa shape index (κ2) is 9.05. The van der Waals surface area contributed by atoms with E-state index in [1.54, 1.807) is 49.6 Å². The standard InChI is InChI=1S/C19H18N4O4S/c1-27-14-8-6-13(7-9-14)21-17(25)10-16-18(26)22-19(28-16)23-20-11-12-4-2-3-5-15(12)24/h2-9,11,16,24H,10H2,1H3,(H,21,25)(H,22,23,26)/b20-11-/t16-/m0/s1. The van der Waals surface area contributed by atoms with Crippen LogP contribution in [-0.2, 0) is 9.59 Å². The second-order valence-electron chi connectivity index (χ2n) is 5.79. The summed E-state index contributed by atoms with van der Waals surface area (Å²) < 4.78 is 5.07. The number of para-hydroxylation sites is 1. The van der Waals surface area contributed by atoms with Crippen LogP contribution in [0.5, 0.6) is 11.5 Å². The molecule has 1 saturated heterocycles. The number of amides is 2. The molecule has 1 heterocycles. The largest absolute Gasteiger partial charge is 0.507 e. The number of carbonyl (C=O) groups is 2. The number of hydrogen-bond donors (Lipinski definition) is 3. The Morgan fingerprint density at radius 1 is 1.29 bits per heavy atom. The number of aromatic hydroxyl groups is 1. The molecule has 2 aromatic rings. The van der Waals surface area contributed by atoms with Crippen molar-refractivity contribution >= 4 is 40.6 Å². The third-order valence-corrected chi connectivity index (χ3v) is 4.88. The lowest BCUT2D eigenvalue weighted by atomic mass is 10.2. The Balaban J connectivity index is 1.55. The van der Waals surface area contributed by atoms with Crippen LogP contribution < -0.4 is 15.4 Å². The Bertz CT molecular complexity index is 928. The third-order valence-electron chi connectivity index (χ3n) is 3.80. The average Bonchev–Trinajstić information content (AvgIpc) is 3.03. The van der Waals surface area contributed by atoms with Gasteiger partial charge in [-0.05, 0) is 36.4 Å². The molecule has 144 valence electrons. The van der Waals surface area contributed by atoms with Gasteiger partial charge >= 0.3 is 0 Å². The molecule has 0 aliphatic carbocycles. The summed E-state index contributed by atoms with van der Waals surface area (Å²) in [6, 6.07) is 13.6. The summed E-state index contributed by atoms with van der Waals surface area (Å²) >= 11 is 1.14. The Labute approximate surface area is 165 Å². The third kappa shape index (κ3) is 5.10. The predicted molar refractivity (Wildman–Crippen MR) is 109 cm³/mol. The van der Waals surface area contributed by atoms with Crippen molar-refractivity contribution in [2.24, 2.45) is 10.2 Å². The van der Waals surface area contributed by atoms with E-state index in [1.807, 2.05) is 0 Å². The van der Waals surface area contributed by atoms with E-state index in [0.29, 0.717) is 22.2 Å². The van der Waals surface area contributed by atoms with Gasteiger partial charge in [-0.1, -0.05) is 23.9 Å². The molecule has 8 nitrogen and oxygen atoms in total. The summed E-state index contributed by atoms with van der Waals surface area (Å²) in [5.41, 5.74) is 1.13. The molecule has 0 saturated carbocycles. The quantitative estimate of drug-likeness (QED) is 0.511. The molecule has 3 rings (SSSR count). The normalized spacial score (nSPS) is 17.7. The topological polar surface area (TPSA) is 112 Å². The lowest BCUT2D eigenvalue weighted by molar-refractivity contribution is -0.122. The van der Waals surface area contributed by atoms with E-state index in [9.17, 15) is 14.7 Å². The van der Waals surface area contributed by atoms with Gasteiger partial charge in [0.1, 0.15) is 16.7 Å². The highest BCUT2D eigenvalue weighted by atomic mass is 32.2. The number of nitrogens with zero attached hydrogens (tertiary/aromatic N) is 2. The minimum atomic E-state index is -0.586.